The molecule has 0 aromatic carbocycles. The van der Waals surface area contributed by atoms with Gasteiger partial charge in [0, 0.05) is 0 Å². The molecule has 1 rings (SSSR count). The smallest absolute Gasteiger partial charge is 0.150 e. The summed E-state index contributed by atoms with van der Waals surface area (Å²) in [6, 6.07) is 0. The molecule has 3 heteroatoms. The molecule has 0 N–H and O–H groups in total. The van der Waals surface area contributed by atoms with Gasteiger partial charge in [-0.25, -0.2) is 8.42 Å². The van der Waals surface area contributed by atoms with Crippen molar-refractivity contribution in [3.63, 3.8) is 0 Å². The van der Waals surface area contributed by atoms with Crippen LogP contribution in [0.3, 0.4) is 0 Å². The lowest BCUT2D eigenvalue weighted by Gasteiger charge is -2.02. The quantitative estimate of drug-likeness (QED) is 0.536. The molecule has 1 unspecified atom stereocenters. The van der Waals surface area contributed by atoms with Crippen LogP contribution in [0.25, 0.3) is 0 Å². The summed E-state index contributed by atoms with van der Waals surface area (Å²) < 4.78 is 22.0. The van der Waals surface area contributed by atoms with Crippen LogP contribution in [-0.2, 0) is 9.84 Å². The fourth-order valence-corrected chi connectivity index (χ4v) is 2.85. The third-order valence-corrected chi connectivity index (χ3v) is 3.84. The second kappa shape index (κ2) is 2.91. The molecule has 0 saturated carbocycles. The molecule has 1 fully saturated rings. The summed E-state index contributed by atoms with van der Waals surface area (Å²) in [5.74, 6) is 1.43. The maximum atomic E-state index is 11.0. The topological polar surface area (TPSA) is 34.1 Å². The molecule has 0 aliphatic carbocycles. The third-order valence-electron chi connectivity index (χ3n) is 2.07. The number of hydrogen-bond donors (Lipinski definition) is 0. The summed E-state index contributed by atoms with van der Waals surface area (Å²) in [5.41, 5.74) is 0. The largest absolute Gasteiger partial charge is 0.229 e. The zero-order chi connectivity index (χ0) is 7.61. The average molecular weight is 162 g/mol. The Kier molecular flexibility index (Phi) is 2.34. The first-order valence-electron chi connectivity index (χ1n) is 3.80. The zero-order valence-corrected chi connectivity index (χ0v) is 7.15. The van der Waals surface area contributed by atoms with Crippen LogP contribution in [-0.4, -0.2) is 19.9 Å². The van der Waals surface area contributed by atoms with E-state index in [4.69, 9.17) is 0 Å². The first-order valence-corrected chi connectivity index (χ1v) is 5.63. The van der Waals surface area contributed by atoms with Crippen LogP contribution >= 0.6 is 0 Å². The lowest BCUT2D eigenvalue weighted by Crippen LogP contribution is -2.08. The summed E-state index contributed by atoms with van der Waals surface area (Å²) in [6.07, 6.45) is 2.81. The molecule has 0 radical (unpaired) electrons. The van der Waals surface area contributed by atoms with Gasteiger partial charge in [-0.15, -0.1) is 0 Å². The van der Waals surface area contributed by atoms with Gasteiger partial charge in [-0.2, -0.15) is 0 Å². The predicted octanol–water partition coefficient (Wildman–Crippen LogP) is 1.22. The van der Waals surface area contributed by atoms with E-state index in [1.807, 2.05) is 0 Å². The molecule has 2 nitrogen and oxygen atoms in total. The van der Waals surface area contributed by atoms with E-state index in [1.165, 1.54) is 0 Å². The van der Waals surface area contributed by atoms with Crippen LogP contribution in [0.15, 0.2) is 0 Å². The summed E-state index contributed by atoms with van der Waals surface area (Å²) in [5, 5.41) is 0. The zero-order valence-electron chi connectivity index (χ0n) is 6.34. The highest BCUT2D eigenvalue weighted by molar-refractivity contribution is 7.91. The summed E-state index contributed by atoms with van der Waals surface area (Å²) >= 11 is 0. The lowest BCUT2D eigenvalue weighted by molar-refractivity contribution is 0.522. The summed E-state index contributed by atoms with van der Waals surface area (Å²) in [6.45, 7) is 2.13. The highest BCUT2D eigenvalue weighted by atomic mass is 32.2. The molecule has 0 aromatic rings. The minimum Gasteiger partial charge on any atom is -0.229 e. The molecular weight excluding hydrogens is 148 g/mol. The molecule has 1 aliphatic rings. The third kappa shape index (κ3) is 2.29. The van der Waals surface area contributed by atoms with Crippen molar-refractivity contribution >= 4 is 9.84 Å². The van der Waals surface area contributed by atoms with E-state index in [1.54, 1.807) is 0 Å². The van der Waals surface area contributed by atoms with Crippen molar-refractivity contribution in [2.24, 2.45) is 5.92 Å². The van der Waals surface area contributed by atoms with Crippen LogP contribution < -0.4 is 0 Å². The van der Waals surface area contributed by atoms with Crippen LogP contribution in [0.4, 0.5) is 0 Å². The molecule has 1 aliphatic heterocycles. The summed E-state index contributed by atoms with van der Waals surface area (Å²) in [4.78, 5) is 0. The van der Waals surface area contributed by atoms with Crippen LogP contribution in [0, 0.1) is 5.92 Å². The molecule has 0 aromatic heterocycles. The lowest BCUT2D eigenvalue weighted by atomic mass is 10.0. The maximum absolute atomic E-state index is 11.0. The van der Waals surface area contributed by atoms with Gasteiger partial charge in [0.1, 0.15) is 9.84 Å². The molecule has 60 valence electrons. The molecule has 1 saturated heterocycles. The van der Waals surface area contributed by atoms with Gasteiger partial charge in [0.15, 0.2) is 0 Å². The SMILES string of the molecule is CC1CCCS(=O)(=O)CC1. The van der Waals surface area contributed by atoms with E-state index < -0.39 is 9.84 Å². The predicted molar refractivity (Wildman–Crippen MR) is 41.7 cm³/mol. The number of hydrogen-bond acceptors (Lipinski definition) is 2. The first-order chi connectivity index (χ1) is 4.60. The van der Waals surface area contributed by atoms with Crippen molar-refractivity contribution in [1.82, 2.24) is 0 Å². The van der Waals surface area contributed by atoms with Gasteiger partial charge in [0.05, 0.1) is 11.5 Å². The van der Waals surface area contributed by atoms with E-state index >= 15 is 0 Å². The Morgan fingerprint density at radius 1 is 1.20 bits per heavy atom. The fourth-order valence-electron chi connectivity index (χ4n) is 1.28. The highest BCUT2D eigenvalue weighted by Gasteiger charge is 2.17. The van der Waals surface area contributed by atoms with E-state index in [-0.39, 0.29) is 0 Å². The molecule has 0 bridgehead atoms. The van der Waals surface area contributed by atoms with E-state index in [9.17, 15) is 8.42 Å². The van der Waals surface area contributed by atoms with Gasteiger partial charge in [-0.1, -0.05) is 6.92 Å². The Balaban J connectivity index is 2.58. The second-order valence-corrected chi connectivity index (χ2v) is 5.49. The fraction of sp³-hybridized carbons (Fsp3) is 1.00. The van der Waals surface area contributed by atoms with Gasteiger partial charge in [-0.05, 0) is 25.2 Å². The van der Waals surface area contributed by atoms with Crippen LogP contribution in [0.2, 0.25) is 0 Å². The molecular formula is C7H14O2S. The van der Waals surface area contributed by atoms with Crippen molar-refractivity contribution in [2.75, 3.05) is 11.5 Å². The minimum absolute atomic E-state index is 0.411. The normalized spacial score (nSPS) is 33.1. The molecule has 10 heavy (non-hydrogen) atoms. The van der Waals surface area contributed by atoms with Gasteiger partial charge in [-0.3, -0.25) is 0 Å². The van der Waals surface area contributed by atoms with E-state index in [0.717, 1.165) is 19.3 Å². The molecule has 1 heterocycles. The Morgan fingerprint density at radius 3 is 2.60 bits per heavy atom. The van der Waals surface area contributed by atoms with E-state index in [0.29, 0.717) is 17.4 Å². The Labute approximate surface area is 62.5 Å². The maximum Gasteiger partial charge on any atom is 0.150 e. The molecule has 0 spiro atoms. The Bertz CT molecular complexity index is 194. The van der Waals surface area contributed by atoms with Gasteiger partial charge in [0.2, 0.25) is 0 Å². The van der Waals surface area contributed by atoms with Gasteiger partial charge in [0.25, 0.3) is 0 Å². The van der Waals surface area contributed by atoms with Crippen molar-refractivity contribution in [2.45, 2.75) is 26.2 Å². The van der Waals surface area contributed by atoms with E-state index in [2.05, 4.69) is 6.92 Å². The second-order valence-electron chi connectivity index (χ2n) is 3.19. The number of rotatable bonds is 0. The minimum atomic E-state index is -2.65. The van der Waals surface area contributed by atoms with Gasteiger partial charge >= 0.3 is 0 Å². The van der Waals surface area contributed by atoms with Gasteiger partial charge < -0.3 is 0 Å². The first kappa shape index (κ1) is 8.05. The van der Waals surface area contributed by atoms with Crippen LogP contribution in [0.5, 0.6) is 0 Å². The number of sulfone groups is 1. The summed E-state index contributed by atoms with van der Waals surface area (Å²) in [7, 11) is -2.65. The van der Waals surface area contributed by atoms with Crippen molar-refractivity contribution in [1.29, 1.82) is 0 Å². The molecule has 0 amide bonds. The monoisotopic (exact) mass is 162 g/mol. The standard InChI is InChI=1S/C7H14O2S/c1-7-3-2-5-10(8,9)6-4-7/h7H,2-6H2,1H3. The Morgan fingerprint density at radius 2 is 1.90 bits per heavy atom. The van der Waals surface area contributed by atoms with Crippen molar-refractivity contribution in [3.8, 4) is 0 Å². The average Bonchev–Trinajstić information content (AvgIpc) is 1.94. The van der Waals surface area contributed by atoms with Crippen molar-refractivity contribution in [3.05, 3.63) is 0 Å². The highest BCUT2D eigenvalue weighted by Crippen LogP contribution is 2.17. The van der Waals surface area contributed by atoms with Crippen molar-refractivity contribution < 1.29 is 8.42 Å². The molecule has 1 atom stereocenters. The Hall–Kier alpha value is -0.0500. The van der Waals surface area contributed by atoms with Crippen LogP contribution in [0.1, 0.15) is 26.2 Å².